The first-order chi connectivity index (χ1) is 15.9. The molecule has 1 aliphatic heterocycles. The number of amides is 1. The quantitative estimate of drug-likeness (QED) is 0.333. The number of ether oxygens (including phenoxy) is 3. The number of nitrogens with zero attached hydrogens (tertiary/aromatic N) is 4. The summed E-state index contributed by atoms with van der Waals surface area (Å²) < 4.78 is 15.6. The average Bonchev–Trinajstić information content (AvgIpc) is 2.84. The molecule has 0 spiro atoms. The van der Waals surface area contributed by atoms with E-state index in [-0.39, 0.29) is 29.4 Å². The molecule has 0 radical (unpaired) electrons. The summed E-state index contributed by atoms with van der Waals surface area (Å²) in [6, 6.07) is 5.95. The molecule has 0 saturated carbocycles. The first-order valence-electron chi connectivity index (χ1n) is 10.6. The summed E-state index contributed by atoms with van der Waals surface area (Å²) in [5, 5.41) is 11.6. The number of esters is 1. The van der Waals surface area contributed by atoms with Crippen LogP contribution in [0.4, 0.5) is 11.5 Å². The van der Waals surface area contributed by atoms with Crippen LogP contribution in [0.1, 0.15) is 34.6 Å². The number of hydrogen-bond acceptors (Lipinski definition) is 9. The number of nitro benzene ring substituents is 1. The third kappa shape index (κ3) is 5.30. The second kappa shape index (κ2) is 10.6. The molecule has 2 aromatic rings. The molecule has 1 fully saturated rings. The van der Waals surface area contributed by atoms with Crippen LogP contribution in [0.25, 0.3) is 0 Å². The summed E-state index contributed by atoms with van der Waals surface area (Å²) in [6.07, 6.45) is 1.46. The molecule has 1 amide bonds. The first kappa shape index (κ1) is 23.8. The standard InChI is InChI=1S/C22H26N4O7/c1-4-32-19-13-17(26(29)30)16(12-18(19)31-3)21(27)25-10-8-24(9-11-25)20-7-6-15(14-23-20)22(28)33-5-2/h6-7,12-14H,4-5,8-11H2,1-3H3. The smallest absolute Gasteiger partial charge is 0.339 e. The van der Waals surface area contributed by atoms with E-state index in [9.17, 15) is 19.7 Å². The van der Waals surface area contributed by atoms with E-state index < -0.39 is 16.8 Å². The van der Waals surface area contributed by atoms with Crippen molar-refractivity contribution in [1.82, 2.24) is 9.88 Å². The molecular weight excluding hydrogens is 432 g/mol. The van der Waals surface area contributed by atoms with Gasteiger partial charge in [0.25, 0.3) is 11.6 Å². The van der Waals surface area contributed by atoms with Gasteiger partial charge in [0.05, 0.1) is 36.9 Å². The predicted octanol–water partition coefficient (Wildman–Crippen LogP) is 2.54. The van der Waals surface area contributed by atoms with E-state index >= 15 is 0 Å². The molecule has 11 heteroatoms. The Kier molecular flexibility index (Phi) is 7.65. The van der Waals surface area contributed by atoms with E-state index in [1.807, 2.05) is 4.90 Å². The lowest BCUT2D eigenvalue weighted by molar-refractivity contribution is -0.385. The van der Waals surface area contributed by atoms with Crippen molar-refractivity contribution in [3.8, 4) is 11.5 Å². The van der Waals surface area contributed by atoms with E-state index in [0.29, 0.717) is 44.2 Å². The molecular formula is C22H26N4O7. The van der Waals surface area contributed by atoms with Gasteiger partial charge in [0.1, 0.15) is 11.4 Å². The zero-order chi connectivity index (χ0) is 24.0. The van der Waals surface area contributed by atoms with E-state index in [1.165, 1.54) is 25.4 Å². The van der Waals surface area contributed by atoms with E-state index in [4.69, 9.17) is 14.2 Å². The van der Waals surface area contributed by atoms with Gasteiger partial charge in [-0.1, -0.05) is 0 Å². The minimum Gasteiger partial charge on any atom is -0.493 e. The Bertz CT molecular complexity index is 1020. The summed E-state index contributed by atoms with van der Waals surface area (Å²) >= 11 is 0. The third-order valence-corrected chi connectivity index (χ3v) is 5.16. The van der Waals surface area contributed by atoms with Gasteiger partial charge in [-0.3, -0.25) is 14.9 Å². The number of piperazine rings is 1. The van der Waals surface area contributed by atoms with Gasteiger partial charge in [0.2, 0.25) is 0 Å². The Hall–Kier alpha value is -3.89. The van der Waals surface area contributed by atoms with Gasteiger partial charge >= 0.3 is 5.97 Å². The predicted molar refractivity (Wildman–Crippen MR) is 119 cm³/mol. The lowest BCUT2D eigenvalue weighted by Crippen LogP contribution is -2.49. The third-order valence-electron chi connectivity index (χ3n) is 5.16. The summed E-state index contributed by atoms with van der Waals surface area (Å²) in [5.74, 6) is 0.261. The first-order valence-corrected chi connectivity index (χ1v) is 10.6. The van der Waals surface area contributed by atoms with Crippen LogP contribution in [-0.2, 0) is 4.74 Å². The van der Waals surface area contributed by atoms with Crippen LogP contribution < -0.4 is 14.4 Å². The van der Waals surface area contributed by atoms with Crippen LogP contribution in [0.15, 0.2) is 30.5 Å². The molecule has 0 N–H and O–H groups in total. The normalized spacial score (nSPS) is 13.4. The van der Waals surface area contributed by atoms with Gasteiger partial charge in [-0.2, -0.15) is 0 Å². The van der Waals surface area contributed by atoms with Gasteiger partial charge in [-0.25, -0.2) is 9.78 Å². The van der Waals surface area contributed by atoms with Crippen LogP contribution in [0, 0.1) is 10.1 Å². The van der Waals surface area contributed by atoms with Gasteiger partial charge in [0.15, 0.2) is 11.5 Å². The molecule has 2 heterocycles. The topological polar surface area (TPSA) is 124 Å². The van der Waals surface area contributed by atoms with E-state index in [0.717, 1.165) is 0 Å². The molecule has 0 bridgehead atoms. The molecule has 1 aliphatic rings. The monoisotopic (exact) mass is 458 g/mol. The lowest BCUT2D eigenvalue weighted by atomic mass is 10.1. The highest BCUT2D eigenvalue weighted by molar-refractivity contribution is 5.99. The Morgan fingerprint density at radius 1 is 1.09 bits per heavy atom. The summed E-state index contributed by atoms with van der Waals surface area (Å²) in [4.78, 5) is 43.8. The number of aromatic nitrogens is 1. The highest BCUT2D eigenvalue weighted by atomic mass is 16.6. The van der Waals surface area contributed by atoms with E-state index in [1.54, 1.807) is 30.9 Å². The van der Waals surface area contributed by atoms with Crippen molar-refractivity contribution in [2.75, 3.05) is 51.4 Å². The highest BCUT2D eigenvalue weighted by Gasteiger charge is 2.30. The fourth-order valence-electron chi connectivity index (χ4n) is 3.52. The SMILES string of the molecule is CCOC(=O)c1ccc(N2CCN(C(=O)c3cc(OC)c(OCC)cc3[N+](=O)[O-])CC2)nc1. The number of nitro groups is 1. The lowest BCUT2D eigenvalue weighted by Gasteiger charge is -2.35. The number of hydrogen-bond donors (Lipinski definition) is 0. The number of rotatable bonds is 8. The maximum atomic E-state index is 13.1. The van der Waals surface area contributed by atoms with Crippen LogP contribution >= 0.6 is 0 Å². The van der Waals surface area contributed by atoms with Crippen molar-refractivity contribution in [3.05, 3.63) is 51.7 Å². The van der Waals surface area contributed by atoms with Crippen molar-refractivity contribution in [2.24, 2.45) is 0 Å². The summed E-state index contributed by atoms with van der Waals surface area (Å²) in [7, 11) is 1.41. The Balaban J connectivity index is 1.72. The fourth-order valence-corrected chi connectivity index (χ4v) is 3.52. The molecule has 11 nitrogen and oxygen atoms in total. The minimum absolute atomic E-state index is 0.0503. The fraction of sp³-hybridized carbons (Fsp3) is 0.409. The molecule has 33 heavy (non-hydrogen) atoms. The van der Waals surface area contributed by atoms with Gasteiger partial charge in [-0.05, 0) is 26.0 Å². The van der Waals surface area contributed by atoms with Gasteiger partial charge in [0, 0.05) is 38.4 Å². The van der Waals surface area contributed by atoms with Crippen molar-refractivity contribution < 1.29 is 28.7 Å². The minimum atomic E-state index is -0.597. The zero-order valence-electron chi connectivity index (χ0n) is 18.8. The second-order valence-electron chi connectivity index (χ2n) is 7.12. The maximum Gasteiger partial charge on any atom is 0.339 e. The largest absolute Gasteiger partial charge is 0.493 e. The zero-order valence-corrected chi connectivity index (χ0v) is 18.8. The van der Waals surface area contributed by atoms with Crippen LogP contribution in [0.3, 0.4) is 0 Å². The second-order valence-corrected chi connectivity index (χ2v) is 7.12. The molecule has 176 valence electrons. The number of carbonyl (C=O) groups excluding carboxylic acids is 2. The molecule has 1 aromatic carbocycles. The maximum absolute atomic E-state index is 13.1. The Morgan fingerprint density at radius 2 is 1.82 bits per heavy atom. The summed E-state index contributed by atoms with van der Waals surface area (Å²) in [5.41, 5.74) is -0.0141. The number of methoxy groups -OCH3 is 1. The number of carbonyl (C=O) groups is 2. The van der Waals surface area contributed by atoms with Crippen LogP contribution in [0.2, 0.25) is 0 Å². The van der Waals surface area contributed by atoms with Gasteiger partial charge in [-0.15, -0.1) is 0 Å². The Labute approximate surface area is 191 Å². The van der Waals surface area contributed by atoms with E-state index in [2.05, 4.69) is 4.98 Å². The highest BCUT2D eigenvalue weighted by Crippen LogP contribution is 2.35. The van der Waals surface area contributed by atoms with Crippen molar-refractivity contribution in [2.45, 2.75) is 13.8 Å². The molecule has 1 saturated heterocycles. The van der Waals surface area contributed by atoms with Crippen molar-refractivity contribution in [3.63, 3.8) is 0 Å². The van der Waals surface area contributed by atoms with Crippen molar-refractivity contribution >= 4 is 23.4 Å². The summed E-state index contributed by atoms with van der Waals surface area (Å²) in [6.45, 7) is 5.76. The van der Waals surface area contributed by atoms with Crippen LogP contribution in [-0.4, -0.2) is 73.2 Å². The molecule has 3 rings (SSSR count). The molecule has 0 atom stereocenters. The van der Waals surface area contributed by atoms with Crippen molar-refractivity contribution in [1.29, 1.82) is 0 Å². The van der Waals surface area contributed by atoms with Gasteiger partial charge < -0.3 is 24.0 Å². The number of benzene rings is 1. The molecule has 0 unspecified atom stereocenters. The number of anilines is 1. The molecule has 1 aromatic heterocycles. The number of pyridine rings is 1. The Morgan fingerprint density at radius 3 is 2.36 bits per heavy atom. The molecule has 0 aliphatic carbocycles. The average molecular weight is 458 g/mol. The van der Waals surface area contributed by atoms with Crippen LogP contribution in [0.5, 0.6) is 11.5 Å².